The van der Waals surface area contributed by atoms with Gasteiger partial charge in [0.25, 0.3) is 0 Å². The number of hydrogen-bond acceptors (Lipinski definition) is 5. The van der Waals surface area contributed by atoms with E-state index in [4.69, 9.17) is 9.72 Å². The monoisotopic (exact) mass is 290 g/mol. The molecule has 0 saturated carbocycles. The Morgan fingerprint density at radius 3 is 3.00 bits per heavy atom. The molecular formula is C16H26N4O. The van der Waals surface area contributed by atoms with E-state index >= 15 is 0 Å². The molecule has 1 aromatic heterocycles. The number of morpholine rings is 1. The number of ether oxygens (including phenoxy) is 1. The SMILES string of the molecule is CCCNc1nc(C2CN3CCCC3CO2)nc(C)c1C. The van der Waals surface area contributed by atoms with Gasteiger partial charge in [-0.15, -0.1) is 0 Å². The predicted molar refractivity (Wildman–Crippen MR) is 83.6 cm³/mol. The van der Waals surface area contributed by atoms with Gasteiger partial charge in [0.15, 0.2) is 5.82 Å². The molecule has 2 aliphatic rings. The molecule has 5 heteroatoms. The predicted octanol–water partition coefficient (Wildman–Crippen LogP) is 2.45. The van der Waals surface area contributed by atoms with Crippen LogP contribution in [0.4, 0.5) is 5.82 Å². The largest absolute Gasteiger partial charge is 0.370 e. The highest BCUT2D eigenvalue weighted by molar-refractivity contribution is 5.45. The number of nitrogens with zero attached hydrogens (tertiary/aromatic N) is 3. The van der Waals surface area contributed by atoms with E-state index in [-0.39, 0.29) is 6.10 Å². The van der Waals surface area contributed by atoms with E-state index in [1.807, 2.05) is 0 Å². The quantitative estimate of drug-likeness (QED) is 0.923. The van der Waals surface area contributed by atoms with Crippen LogP contribution in [0.25, 0.3) is 0 Å². The van der Waals surface area contributed by atoms with Crippen LogP contribution >= 0.6 is 0 Å². The van der Waals surface area contributed by atoms with Crippen molar-refractivity contribution in [3.05, 3.63) is 17.1 Å². The molecule has 0 amide bonds. The van der Waals surface area contributed by atoms with E-state index in [1.54, 1.807) is 0 Å². The maximum Gasteiger partial charge on any atom is 0.161 e. The Morgan fingerprint density at radius 2 is 2.19 bits per heavy atom. The second-order valence-electron chi connectivity index (χ2n) is 6.18. The molecule has 1 N–H and O–H groups in total. The van der Waals surface area contributed by atoms with Crippen molar-refractivity contribution in [2.24, 2.45) is 0 Å². The zero-order valence-electron chi connectivity index (χ0n) is 13.4. The molecule has 2 fully saturated rings. The van der Waals surface area contributed by atoms with Crippen LogP contribution in [0, 0.1) is 13.8 Å². The van der Waals surface area contributed by atoms with Gasteiger partial charge in [0, 0.05) is 30.4 Å². The molecule has 2 aliphatic heterocycles. The van der Waals surface area contributed by atoms with Gasteiger partial charge in [-0.25, -0.2) is 9.97 Å². The zero-order valence-corrected chi connectivity index (χ0v) is 13.4. The first kappa shape index (κ1) is 14.7. The average molecular weight is 290 g/mol. The molecule has 5 nitrogen and oxygen atoms in total. The lowest BCUT2D eigenvalue weighted by Crippen LogP contribution is -2.43. The second kappa shape index (κ2) is 6.28. The Bertz CT molecular complexity index is 505. The van der Waals surface area contributed by atoms with Crippen molar-refractivity contribution in [3.63, 3.8) is 0 Å². The maximum absolute atomic E-state index is 6.04. The summed E-state index contributed by atoms with van der Waals surface area (Å²) in [6.07, 6.45) is 3.66. The number of anilines is 1. The Balaban J connectivity index is 1.79. The lowest BCUT2D eigenvalue weighted by Gasteiger charge is -2.34. The van der Waals surface area contributed by atoms with Gasteiger partial charge in [-0.2, -0.15) is 0 Å². The Morgan fingerprint density at radius 1 is 1.33 bits per heavy atom. The Labute approximate surface area is 127 Å². The van der Waals surface area contributed by atoms with Gasteiger partial charge in [-0.05, 0) is 39.7 Å². The van der Waals surface area contributed by atoms with E-state index in [1.165, 1.54) is 19.4 Å². The van der Waals surface area contributed by atoms with Gasteiger partial charge in [-0.3, -0.25) is 4.90 Å². The fraction of sp³-hybridized carbons (Fsp3) is 0.750. The van der Waals surface area contributed by atoms with Crippen molar-refractivity contribution in [3.8, 4) is 0 Å². The number of aryl methyl sites for hydroxylation is 1. The number of hydrogen-bond donors (Lipinski definition) is 1. The van der Waals surface area contributed by atoms with Crippen molar-refractivity contribution in [1.82, 2.24) is 14.9 Å². The van der Waals surface area contributed by atoms with Gasteiger partial charge >= 0.3 is 0 Å². The molecule has 21 heavy (non-hydrogen) atoms. The summed E-state index contributed by atoms with van der Waals surface area (Å²) in [5.74, 6) is 1.80. The van der Waals surface area contributed by atoms with Crippen LogP contribution in [0.3, 0.4) is 0 Å². The summed E-state index contributed by atoms with van der Waals surface area (Å²) in [6, 6.07) is 0.616. The van der Waals surface area contributed by atoms with Crippen molar-refractivity contribution in [2.45, 2.75) is 52.2 Å². The maximum atomic E-state index is 6.04. The fourth-order valence-corrected chi connectivity index (χ4v) is 3.18. The number of nitrogens with one attached hydrogen (secondary N) is 1. The minimum Gasteiger partial charge on any atom is -0.370 e. The summed E-state index contributed by atoms with van der Waals surface area (Å²) in [7, 11) is 0. The first-order valence-corrected chi connectivity index (χ1v) is 8.13. The first-order chi connectivity index (χ1) is 10.2. The number of aromatic nitrogens is 2. The highest BCUT2D eigenvalue weighted by Gasteiger charge is 2.34. The summed E-state index contributed by atoms with van der Waals surface area (Å²) < 4.78 is 6.04. The summed E-state index contributed by atoms with van der Waals surface area (Å²) in [6.45, 7) is 10.2. The smallest absolute Gasteiger partial charge is 0.161 e. The molecule has 2 unspecified atom stereocenters. The van der Waals surface area contributed by atoms with E-state index in [9.17, 15) is 0 Å². The first-order valence-electron chi connectivity index (χ1n) is 8.13. The number of fused-ring (bicyclic) bond motifs is 1. The second-order valence-corrected chi connectivity index (χ2v) is 6.18. The van der Waals surface area contributed by atoms with Gasteiger partial charge in [0.05, 0.1) is 6.61 Å². The van der Waals surface area contributed by atoms with Gasteiger partial charge < -0.3 is 10.1 Å². The summed E-state index contributed by atoms with van der Waals surface area (Å²) >= 11 is 0. The van der Waals surface area contributed by atoms with E-state index < -0.39 is 0 Å². The third-order valence-electron chi connectivity index (χ3n) is 4.63. The van der Waals surface area contributed by atoms with E-state index in [0.717, 1.165) is 49.0 Å². The molecule has 2 saturated heterocycles. The van der Waals surface area contributed by atoms with Crippen molar-refractivity contribution >= 4 is 5.82 Å². The normalized spacial score (nSPS) is 25.9. The molecule has 3 rings (SSSR count). The van der Waals surface area contributed by atoms with Crippen LogP contribution in [0.1, 0.15) is 49.4 Å². The topological polar surface area (TPSA) is 50.3 Å². The highest BCUT2D eigenvalue weighted by Crippen LogP contribution is 2.29. The molecular weight excluding hydrogens is 264 g/mol. The van der Waals surface area contributed by atoms with Crippen molar-refractivity contribution in [2.75, 3.05) is 31.6 Å². The minimum absolute atomic E-state index is 0.0147. The standard InChI is InChI=1S/C16H26N4O/c1-4-7-17-15-11(2)12(3)18-16(19-15)14-9-20-8-5-6-13(20)10-21-14/h13-14H,4-10H2,1-3H3,(H,17,18,19). The molecule has 1 aromatic rings. The average Bonchev–Trinajstić information content (AvgIpc) is 2.96. The van der Waals surface area contributed by atoms with Crippen LogP contribution in [0.2, 0.25) is 0 Å². The summed E-state index contributed by atoms with van der Waals surface area (Å²) in [4.78, 5) is 11.9. The Kier molecular flexibility index (Phi) is 4.40. The van der Waals surface area contributed by atoms with Gasteiger partial charge in [0.2, 0.25) is 0 Å². The molecule has 3 heterocycles. The van der Waals surface area contributed by atoms with Crippen molar-refractivity contribution in [1.29, 1.82) is 0 Å². The van der Waals surface area contributed by atoms with Gasteiger partial charge in [-0.1, -0.05) is 6.92 Å². The lowest BCUT2D eigenvalue weighted by molar-refractivity contribution is -0.0541. The molecule has 0 spiro atoms. The van der Waals surface area contributed by atoms with Crippen LogP contribution in [-0.2, 0) is 4.74 Å². The summed E-state index contributed by atoms with van der Waals surface area (Å²) in [5.41, 5.74) is 2.19. The lowest BCUT2D eigenvalue weighted by atomic mass is 10.1. The van der Waals surface area contributed by atoms with E-state index in [0.29, 0.717) is 6.04 Å². The molecule has 0 aromatic carbocycles. The molecule has 116 valence electrons. The van der Waals surface area contributed by atoms with Crippen LogP contribution in [-0.4, -0.2) is 47.2 Å². The Hall–Kier alpha value is -1.20. The van der Waals surface area contributed by atoms with Gasteiger partial charge in [0.1, 0.15) is 11.9 Å². The molecule has 2 atom stereocenters. The fourth-order valence-electron chi connectivity index (χ4n) is 3.18. The minimum atomic E-state index is 0.0147. The van der Waals surface area contributed by atoms with Crippen LogP contribution < -0.4 is 5.32 Å². The van der Waals surface area contributed by atoms with Crippen LogP contribution in [0.5, 0.6) is 0 Å². The van der Waals surface area contributed by atoms with E-state index in [2.05, 4.69) is 36.0 Å². The molecule has 0 bridgehead atoms. The third kappa shape index (κ3) is 3.04. The highest BCUT2D eigenvalue weighted by atomic mass is 16.5. The molecule has 0 radical (unpaired) electrons. The zero-order chi connectivity index (χ0) is 14.8. The van der Waals surface area contributed by atoms with Crippen molar-refractivity contribution < 1.29 is 4.74 Å². The number of rotatable bonds is 4. The van der Waals surface area contributed by atoms with Crippen LogP contribution in [0.15, 0.2) is 0 Å². The molecule has 0 aliphatic carbocycles. The third-order valence-corrected chi connectivity index (χ3v) is 4.63. The summed E-state index contributed by atoms with van der Waals surface area (Å²) in [5, 5.41) is 3.41.